The number of carbonyl (C=O) groups excluding carboxylic acids is 1. The van der Waals surface area contributed by atoms with Gasteiger partial charge in [0, 0.05) is 15.6 Å². The van der Waals surface area contributed by atoms with Crippen LogP contribution in [0.25, 0.3) is 0 Å². The third-order valence-electron chi connectivity index (χ3n) is 3.39. The number of hydrogen-bond acceptors (Lipinski definition) is 4. The lowest BCUT2D eigenvalue weighted by atomic mass is 10.1. The summed E-state index contributed by atoms with van der Waals surface area (Å²) < 4.78 is 0. The second-order valence-electron chi connectivity index (χ2n) is 5.06. The number of nitrogens with zero attached hydrogens (tertiary/aromatic N) is 2. The maximum atomic E-state index is 12.1. The monoisotopic (exact) mass is 377 g/mol. The molecule has 7 heteroatoms. The van der Waals surface area contributed by atoms with Gasteiger partial charge in [-0.25, -0.2) is 0 Å². The van der Waals surface area contributed by atoms with E-state index in [0.717, 1.165) is 11.1 Å². The SMILES string of the molecule is O=C1N/C(=N\N=C\c2ccccc2Cl)SC1Cc1ccccc1Cl. The molecule has 1 atom stereocenters. The third-order valence-corrected chi connectivity index (χ3v) is 5.18. The van der Waals surface area contributed by atoms with Crippen LogP contribution < -0.4 is 5.32 Å². The highest BCUT2D eigenvalue weighted by Crippen LogP contribution is 2.26. The van der Waals surface area contributed by atoms with Gasteiger partial charge in [-0.05, 0) is 24.1 Å². The topological polar surface area (TPSA) is 53.8 Å². The Morgan fingerprint density at radius 2 is 1.79 bits per heavy atom. The quantitative estimate of drug-likeness (QED) is 0.642. The minimum atomic E-state index is -0.265. The van der Waals surface area contributed by atoms with Crippen LogP contribution in [-0.4, -0.2) is 22.5 Å². The summed E-state index contributed by atoms with van der Waals surface area (Å²) in [5.41, 5.74) is 1.71. The zero-order valence-corrected chi connectivity index (χ0v) is 14.8. The molecule has 0 aromatic heterocycles. The van der Waals surface area contributed by atoms with Crippen molar-refractivity contribution in [3.05, 3.63) is 69.7 Å². The summed E-state index contributed by atoms with van der Waals surface area (Å²) in [5.74, 6) is -0.0911. The van der Waals surface area contributed by atoms with E-state index in [9.17, 15) is 4.79 Å². The van der Waals surface area contributed by atoms with Crippen LogP contribution in [0.5, 0.6) is 0 Å². The van der Waals surface area contributed by atoms with Crippen molar-refractivity contribution >= 4 is 52.3 Å². The van der Waals surface area contributed by atoms with Crippen molar-refractivity contribution in [3.8, 4) is 0 Å². The van der Waals surface area contributed by atoms with Crippen molar-refractivity contribution < 1.29 is 4.79 Å². The third kappa shape index (κ3) is 4.17. The highest BCUT2D eigenvalue weighted by atomic mass is 35.5. The van der Waals surface area contributed by atoms with Gasteiger partial charge in [-0.1, -0.05) is 71.4 Å². The zero-order valence-electron chi connectivity index (χ0n) is 12.4. The smallest absolute Gasteiger partial charge is 0.239 e. The molecule has 1 aliphatic heterocycles. The molecule has 1 heterocycles. The standard InChI is InChI=1S/C17H13Cl2N3OS/c18-13-7-3-1-5-11(13)9-15-16(23)21-17(24-15)22-20-10-12-6-2-4-8-14(12)19/h1-8,10,15H,9H2,(H,21,22,23)/b20-10+. The number of thioether (sulfide) groups is 1. The summed E-state index contributed by atoms with van der Waals surface area (Å²) in [6, 6.07) is 14.8. The van der Waals surface area contributed by atoms with Crippen molar-refractivity contribution in [1.29, 1.82) is 0 Å². The fourth-order valence-corrected chi connectivity index (χ4v) is 3.52. The summed E-state index contributed by atoms with van der Waals surface area (Å²) >= 11 is 13.5. The first-order valence-corrected chi connectivity index (χ1v) is 8.83. The molecule has 1 amide bonds. The molecular weight excluding hydrogens is 365 g/mol. The summed E-state index contributed by atoms with van der Waals surface area (Å²) in [7, 11) is 0. The van der Waals surface area contributed by atoms with Crippen molar-refractivity contribution in [1.82, 2.24) is 5.32 Å². The minimum absolute atomic E-state index is 0.0911. The van der Waals surface area contributed by atoms with E-state index in [1.54, 1.807) is 12.3 Å². The molecule has 2 aromatic rings. The van der Waals surface area contributed by atoms with Gasteiger partial charge in [0.2, 0.25) is 5.91 Å². The molecule has 0 spiro atoms. The lowest BCUT2D eigenvalue weighted by Gasteiger charge is -2.06. The van der Waals surface area contributed by atoms with Crippen molar-refractivity contribution in [3.63, 3.8) is 0 Å². The number of carbonyl (C=O) groups is 1. The number of hydrogen-bond donors (Lipinski definition) is 1. The van der Waals surface area contributed by atoms with Crippen LogP contribution in [0.3, 0.4) is 0 Å². The van der Waals surface area contributed by atoms with Gasteiger partial charge < -0.3 is 5.32 Å². The predicted octanol–water partition coefficient (Wildman–Crippen LogP) is 4.16. The van der Waals surface area contributed by atoms with Crippen LogP contribution in [0.15, 0.2) is 58.7 Å². The van der Waals surface area contributed by atoms with Crippen LogP contribution >= 0.6 is 35.0 Å². The Morgan fingerprint density at radius 3 is 2.54 bits per heavy atom. The molecule has 0 saturated carbocycles. The van der Waals surface area contributed by atoms with E-state index in [1.165, 1.54) is 11.8 Å². The summed E-state index contributed by atoms with van der Waals surface area (Å²) in [6.45, 7) is 0. The van der Waals surface area contributed by atoms with Crippen molar-refractivity contribution in [2.45, 2.75) is 11.7 Å². The van der Waals surface area contributed by atoms with Gasteiger partial charge >= 0.3 is 0 Å². The van der Waals surface area contributed by atoms with Crippen molar-refractivity contribution in [2.75, 3.05) is 0 Å². The minimum Gasteiger partial charge on any atom is -0.303 e. The first-order chi connectivity index (χ1) is 11.6. The molecule has 1 N–H and O–H groups in total. The molecule has 2 aromatic carbocycles. The van der Waals surface area contributed by atoms with E-state index < -0.39 is 0 Å². The second kappa shape index (κ2) is 7.83. The fourth-order valence-electron chi connectivity index (χ4n) is 2.17. The summed E-state index contributed by atoms with van der Waals surface area (Å²) in [4.78, 5) is 12.1. The molecule has 0 radical (unpaired) electrons. The van der Waals surface area contributed by atoms with Crippen LogP contribution in [0.2, 0.25) is 10.0 Å². The summed E-state index contributed by atoms with van der Waals surface area (Å²) in [5, 5.41) is 12.2. The van der Waals surface area contributed by atoms with E-state index in [2.05, 4.69) is 15.5 Å². The molecule has 1 saturated heterocycles. The lowest BCUT2D eigenvalue weighted by Crippen LogP contribution is -2.26. The Balaban J connectivity index is 1.66. The average molecular weight is 378 g/mol. The van der Waals surface area contributed by atoms with Gasteiger partial charge in [-0.15, -0.1) is 5.10 Å². The molecule has 4 nitrogen and oxygen atoms in total. The van der Waals surface area contributed by atoms with Crippen LogP contribution in [0, 0.1) is 0 Å². The van der Waals surface area contributed by atoms with Gasteiger partial charge in [0.15, 0.2) is 5.17 Å². The normalized spacial score (nSPS) is 19.2. The van der Waals surface area contributed by atoms with Crippen LogP contribution in [-0.2, 0) is 11.2 Å². The van der Waals surface area contributed by atoms with E-state index in [0.29, 0.717) is 21.6 Å². The zero-order chi connectivity index (χ0) is 16.9. The Bertz CT molecular complexity index is 823. The Kier molecular flexibility index (Phi) is 5.56. The number of halogens is 2. The first-order valence-electron chi connectivity index (χ1n) is 7.20. The second-order valence-corrected chi connectivity index (χ2v) is 7.07. The number of amidine groups is 1. The molecule has 1 fully saturated rings. The molecule has 0 aliphatic carbocycles. The lowest BCUT2D eigenvalue weighted by molar-refractivity contribution is -0.118. The van der Waals surface area contributed by atoms with Gasteiger partial charge in [0.05, 0.1) is 11.5 Å². The predicted molar refractivity (Wildman–Crippen MR) is 101 cm³/mol. The molecule has 3 rings (SSSR count). The van der Waals surface area contributed by atoms with Gasteiger partial charge in [0.25, 0.3) is 0 Å². The van der Waals surface area contributed by atoms with Gasteiger partial charge in [-0.2, -0.15) is 5.10 Å². The number of nitrogens with one attached hydrogen (secondary N) is 1. The highest BCUT2D eigenvalue weighted by molar-refractivity contribution is 8.15. The molecule has 0 bridgehead atoms. The van der Waals surface area contributed by atoms with E-state index in [4.69, 9.17) is 23.2 Å². The molecular formula is C17H13Cl2N3OS. The Labute approximate surface area is 154 Å². The highest BCUT2D eigenvalue weighted by Gasteiger charge is 2.30. The van der Waals surface area contributed by atoms with E-state index in [-0.39, 0.29) is 11.2 Å². The Morgan fingerprint density at radius 1 is 1.08 bits per heavy atom. The molecule has 122 valence electrons. The van der Waals surface area contributed by atoms with Crippen molar-refractivity contribution in [2.24, 2.45) is 10.2 Å². The fraction of sp³-hybridized carbons (Fsp3) is 0.118. The number of benzene rings is 2. The molecule has 1 aliphatic rings. The van der Waals surface area contributed by atoms with Crippen LogP contribution in [0.4, 0.5) is 0 Å². The largest absolute Gasteiger partial charge is 0.303 e. The van der Waals surface area contributed by atoms with E-state index >= 15 is 0 Å². The van der Waals surface area contributed by atoms with Gasteiger partial charge in [-0.3, -0.25) is 4.79 Å². The van der Waals surface area contributed by atoms with E-state index in [1.807, 2.05) is 42.5 Å². The molecule has 1 unspecified atom stereocenters. The maximum Gasteiger partial charge on any atom is 0.239 e. The Hall–Kier alpha value is -1.82. The summed E-state index contributed by atoms with van der Waals surface area (Å²) in [6.07, 6.45) is 2.10. The average Bonchev–Trinajstić information content (AvgIpc) is 2.91. The van der Waals surface area contributed by atoms with Crippen LogP contribution in [0.1, 0.15) is 11.1 Å². The maximum absolute atomic E-state index is 12.1. The molecule has 24 heavy (non-hydrogen) atoms. The number of rotatable bonds is 4. The van der Waals surface area contributed by atoms with Gasteiger partial charge in [0.1, 0.15) is 0 Å². The first kappa shape index (κ1) is 17.0. The number of amides is 1.